The van der Waals surface area contributed by atoms with Crippen molar-refractivity contribution in [3.8, 4) is 0 Å². The van der Waals surface area contributed by atoms with Crippen molar-refractivity contribution >= 4 is 60.1 Å². The van der Waals surface area contributed by atoms with Crippen molar-refractivity contribution in [2.45, 2.75) is 18.7 Å². The second kappa shape index (κ2) is 9.51. The lowest BCUT2D eigenvalue weighted by molar-refractivity contribution is 0.0926. The summed E-state index contributed by atoms with van der Waals surface area (Å²) < 4.78 is 27.7. The normalized spacial score (nSPS) is 13.4. The molecule has 1 aromatic heterocycles. The van der Waals surface area contributed by atoms with Gasteiger partial charge in [0.15, 0.2) is 5.13 Å². The van der Waals surface area contributed by atoms with Crippen LogP contribution in [0.3, 0.4) is 0 Å². The zero-order chi connectivity index (χ0) is 26.3. The molecule has 4 aromatic rings. The minimum Gasteiger partial charge on any atom is -0.298 e. The van der Waals surface area contributed by atoms with Crippen molar-refractivity contribution in [1.29, 1.82) is 0 Å². The van der Waals surface area contributed by atoms with Crippen molar-refractivity contribution in [2.24, 2.45) is 0 Å². The number of carbonyl (C=O) groups is 3. The number of anilines is 2. The zero-order valence-corrected chi connectivity index (χ0v) is 21.6. The molecule has 0 radical (unpaired) electrons. The molecule has 0 unspecified atom stereocenters. The van der Waals surface area contributed by atoms with E-state index in [2.05, 4.69) is 10.3 Å². The molecule has 0 bridgehead atoms. The molecule has 0 aliphatic carbocycles. The predicted octanol–water partition coefficient (Wildman–Crippen LogP) is 4.38. The van der Waals surface area contributed by atoms with E-state index in [4.69, 9.17) is 0 Å². The molecule has 0 saturated carbocycles. The maximum Gasteiger partial charge on any atom is 0.266 e. The summed E-state index contributed by atoms with van der Waals surface area (Å²) in [5.41, 5.74) is 1.39. The molecule has 11 heteroatoms. The molecule has 37 heavy (non-hydrogen) atoms. The Balaban J connectivity index is 1.44. The number of benzene rings is 3. The van der Waals surface area contributed by atoms with E-state index in [1.54, 1.807) is 68.4 Å². The monoisotopic (exact) mass is 534 g/mol. The lowest BCUT2D eigenvalue weighted by atomic mass is 10.1. The van der Waals surface area contributed by atoms with Gasteiger partial charge in [-0.05, 0) is 42.5 Å². The molecule has 5 rings (SSSR count). The second-order valence-electron chi connectivity index (χ2n) is 8.20. The summed E-state index contributed by atoms with van der Waals surface area (Å²) in [6, 6.07) is 17.5. The largest absolute Gasteiger partial charge is 0.298 e. The van der Waals surface area contributed by atoms with E-state index < -0.39 is 27.7 Å². The van der Waals surface area contributed by atoms with Gasteiger partial charge in [-0.1, -0.05) is 49.4 Å². The van der Waals surface area contributed by atoms with Crippen LogP contribution < -0.4 is 10.2 Å². The molecule has 1 aliphatic rings. The zero-order valence-electron chi connectivity index (χ0n) is 20.0. The number of aromatic nitrogens is 1. The van der Waals surface area contributed by atoms with Crippen molar-refractivity contribution in [2.75, 3.05) is 23.3 Å². The van der Waals surface area contributed by atoms with Crippen LogP contribution in [0.1, 0.15) is 44.9 Å². The number of sulfonamides is 1. The Morgan fingerprint density at radius 3 is 2.22 bits per heavy atom. The minimum absolute atomic E-state index is 0.126. The van der Waals surface area contributed by atoms with Crippen molar-refractivity contribution < 1.29 is 22.8 Å². The van der Waals surface area contributed by atoms with Gasteiger partial charge in [0.05, 0.1) is 37.5 Å². The van der Waals surface area contributed by atoms with Gasteiger partial charge in [-0.3, -0.25) is 19.7 Å². The van der Waals surface area contributed by atoms with Gasteiger partial charge in [-0.15, -0.1) is 0 Å². The highest BCUT2D eigenvalue weighted by Crippen LogP contribution is 2.33. The standard InChI is InChI=1S/C26H22N4O5S2/c1-3-29(4-2)37(34,35)16-13-14-20-22(15-16)36-26(27-20)28-23(31)19-11-7-8-12-21(19)30-24(32)17-9-5-6-10-18(17)25(30)33/h5-15H,3-4H2,1-2H3,(H,27,28,31). The van der Waals surface area contributed by atoms with Crippen LogP contribution in [-0.2, 0) is 10.0 Å². The first-order valence-corrected chi connectivity index (χ1v) is 13.8. The van der Waals surface area contributed by atoms with Crippen molar-refractivity contribution in [3.05, 3.63) is 83.4 Å². The van der Waals surface area contributed by atoms with Crippen LogP contribution in [-0.4, -0.2) is 48.5 Å². The molecule has 0 spiro atoms. The summed E-state index contributed by atoms with van der Waals surface area (Å²) >= 11 is 1.13. The Morgan fingerprint density at radius 2 is 1.57 bits per heavy atom. The summed E-state index contributed by atoms with van der Waals surface area (Å²) in [6.07, 6.45) is 0. The number of nitrogens with one attached hydrogen (secondary N) is 1. The van der Waals surface area contributed by atoms with E-state index in [1.807, 2.05) is 0 Å². The number of amides is 3. The number of fused-ring (bicyclic) bond motifs is 2. The van der Waals surface area contributed by atoms with Crippen LogP contribution >= 0.6 is 11.3 Å². The minimum atomic E-state index is -3.64. The van der Waals surface area contributed by atoms with Crippen LogP contribution in [0.15, 0.2) is 71.6 Å². The van der Waals surface area contributed by atoms with Crippen LogP contribution in [0.5, 0.6) is 0 Å². The van der Waals surface area contributed by atoms with Crippen LogP contribution in [0, 0.1) is 0 Å². The molecular weight excluding hydrogens is 512 g/mol. The van der Waals surface area contributed by atoms with Gasteiger partial charge in [-0.25, -0.2) is 18.3 Å². The molecular formula is C26H22N4O5S2. The first-order chi connectivity index (χ1) is 17.8. The summed E-state index contributed by atoms with van der Waals surface area (Å²) in [5, 5.41) is 2.98. The summed E-state index contributed by atoms with van der Waals surface area (Å²) in [5.74, 6) is -1.55. The van der Waals surface area contributed by atoms with Gasteiger partial charge < -0.3 is 0 Å². The van der Waals surface area contributed by atoms with E-state index in [0.29, 0.717) is 23.3 Å². The van der Waals surface area contributed by atoms with Gasteiger partial charge >= 0.3 is 0 Å². The molecule has 3 amide bonds. The average molecular weight is 535 g/mol. The van der Waals surface area contributed by atoms with E-state index >= 15 is 0 Å². The third-order valence-electron chi connectivity index (χ3n) is 6.11. The third kappa shape index (κ3) is 4.20. The number of hydrogen-bond donors (Lipinski definition) is 1. The van der Waals surface area contributed by atoms with Gasteiger partial charge in [0.2, 0.25) is 10.0 Å². The Kier molecular flexibility index (Phi) is 6.36. The van der Waals surface area contributed by atoms with Crippen molar-refractivity contribution in [3.63, 3.8) is 0 Å². The highest BCUT2D eigenvalue weighted by Gasteiger charge is 2.38. The van der Waals surface area contributed by atoms with Gasteiger partial charge in [-0.2, -0.15) is 4.31 Å². The topological polar surface area (TPSA) is 117 Å². The van der Waals surface area contributed by atoms with Gasteiger partial charge in [0, 0.05) is 13.1 Å². The number of thiazole rings is 1. The summed E-state index contributed by atoms with van der Waals surface area (Å²) in [7, 11) is -3.64. The number of carbonyl (C=O) groups excluding carboxylic acids is 3. The first-order valence-electron chi connectivity index (χ1n) is 11.5. The maximum absolute atomic E-state index is 13.3. The maximum atomic E-state index is 13.3. The molecule has 2 heterocycles. The predicted molar refractivity (Wildman–Crippen MR) is 142 cm³/mol. The fourth-order valence-electron chi connectivity index (χ4n) is 4.26. The average Bonchev–Trinajstić information content (AvgIpc) is 3.41. The molecule has 0 fully saturated rings. The van der Waals surface area contributed by atoms with Crippen LogP contribution in [0.2, 0.25) is 0 Å². The van der Waals surface area contributed by atoms with E-state index in [9.17, 15) is 22.8 Å². The SMILES string of the molecule is CCN(CC)S(=O)(=O)c1ccc2nc(NC(=O)c3ccccc3N3C(=O)c4ccccc4C3=O)sc2c1. The third-order valence-corrected chi connectivity index (χ3v) is 9.09. The van der Waals surface area contributed by atoms with E-state index in [1.165, 1.54) is 16.4 Å². The quantitative estimate of drug-likeness (QED) is 0.352. The Bertz CT molecular complexity index is 1640. The summed E-state index contributed by atoms with van der Waals surface area (Å²) in [6.45, 7) is 4.26. The summed E-state index contributed by atoms with van der Waals surface area (Å²) in [4.78, 5) is 44.8. The number of imide groups is 1. The second-order valence-corrected chi connectivity index (χ2v) is 11.2. The fraction of sp³-hybridized carbons (Fsp3) is 0.154. The highest BCUT2D eigenvalue weighted by atomic mass is 32.2. The van der Waals surface area contributed by atoms with E-state index in [0.717, 1.165) is 16.2 Å². The van der Waals surface area contributed by atoms with E-state index in [-0.39, 0.29) is 32.4 Å². The molecule has 0 atom stereocenters. The van der Waals surface area contributed by atoms with Crippen LogP contribution in [0.25, 0.3) is 10.2 Å². The Morgan fingerprint density at radius 1 is 0.946 bits per heavy atom. The molecule has 3 aromatic carbocycles. The Labute approximate surface area is 217 Å². The molecule has 0 saturated heterocycles. The smallest absolute Gasteiger partial charge is 0.266 e. The van der Waals surface area contributed by atoms with Crippen LogP contribution in [0.4, 0.5) is 10.8 Å². The van der Waals surface area contributed by atoms with Gasteiger partial charge in [0.25, 0.3) is 17.7 Å². The number of para-hydroxylation sites is 1. The highest BCUT2D eigenvalue weighted by molar-refractivity contribution is 7.89. The van der Waals surface area contributed by atoms with Crippen molar-refractivity contribution in [1.82, 2.24) is 9.29 Å². The molecule has 1 N–H and O–H groups in total. The Hall–Kier alpha value is -3.93. The number of hydrogen-bond acceptors (Lipinski definition) is 7. The molecule has 9 nitrogen and oxygen atoms in total. The molecule has 1 aliphatic heterocycles. The molecule has 188 valence electrons. The number of rotatable bonds is 7. The van der Waals surface area contributed by atoms with Gasteiger partial charge in [0.1, 0.15) is 0 Å². The fourth-order valence-corrected chi connectivity index (χ4v) is 6.72. The lowest BCUT2D eigenvalue weighted by Crippen LogP contribution is -2.31. The number of nitrogens with zero attached hydrogens (tertiary/aromatic N) is 3. The first kappa shape index (κ1) is 24.8. The lowest BCUT2D eigenvalue weighted by Gasteiger charge is -2.18.